The van der Waals surface area contributed by atoms with Crippen LogP contribution >= 0.6 is 0 Å². The Morgan fingerprint density at radius 2 is 2.04 bits per heavy atom. The van der Waals surface area contributed by atoms with Gasteiger partial charge in [-0.1, -0.05) is 19.9 Å². The minimum Gasteiger partial charge on any atom is -0.464 e. The first-order valence-electron chi connectivity index (χ1n) is 8.41. The molecule has 26 heavy (non-hydrogen) atoms. The highest BCUT2D eigenvalue weighted by Gasteiger charge is 2.31. The van der Waals surface area contributed by atoms with E-state index in [0.29, 0.717) is 22.8 Å². The lowest BCUT2D eigenvalue weighted by Crippen LogP contribution is -2.19. The fraction of sp³-hybridized carbons (Fsp3) is 0.444. The normalized spacial score (nSPS) is 15.5. The van der Waals surface area contributed by atoms with Crippen molar-refractivity contribution in [2.24, 2.45) is 7.05 Å². The van der Waals surface area contributed by atoms with Gasteiger partial charge in [0.05, 0.1) is 25.3 Å². The Kier molecular flexibility index (Phi) is 6.18. The van der Waals surface area contributed by atoms with E-state index >= 15 is 0 Å². The average molecular weight is 364 g/mol. The third-order valence-electron chi connectivity index (χ3n) is 3.90. The summed E-state index contributed by atoms with van der Waals surface area (Å²) in [6.45, 7) is 4.00. The van der Waals surface area contributed by atoms with Crippen molar-refractivity contribution in [2.45, 2.75) is 39.0 Å². The lowest BCUT2D eigenvalue weighted by atomic mass is 9.94. The number of carbonyl (C=O) groups is 1. The molecule has 2 heterocycles. The molecule has 0 N–H and O–H groups in total. The second-order valence-corrected chi connectivity index (χ2v) is 5.63. The van der Waals surface area contributed by atoms with Gasteiger partial charge in [0.25, 0.3) is 5.92 Å². The van der Waals surface area contributed by atoms with Gasteiger partial charge in [-0.3, -0.25) is 0 Å². The van der Waals surface area contributed by atoms with E-state index in [1.165, 1.54) is 19.3 Å². The van der Waals surface area contributed by atoms with Gasteiger partial charge in [0.1, 0.15) is 5.69 Å². The zero-order chi connectivity index (χ0) is 19.3. The minimum atomic E-state index is -2.69. The van der Waals surface area contributed by atoms with Crippen LogP contribution in [0.25, 0.3) is 17.1 Å². The Labute approximate surface area is 150 Å². The van der Waals surface area contributed by atoms with Crippen molar-refractivity contribution in [1.82, 2.24) is 19.5 Å². The highest BCUT2D eigenvalue weighted by molar-refractivity contribution is 5.88. The van der Waals surface area contributed by atoms with Crippen molar-refractivity contribution in [2.75, 3.05) is 7.11 Å². The summed E-state index contributed by atoms with van der Waals surface area (Å²) in [5, 5.41) is 0. The molecule has 1 aliphatic carbocycles. The molecule has 0 atom stereocenters. The molecule has 0 bridgehead atoms. The van der Waals surface area contributed by atoms with Crippen LogP contribution < -0.4 is 0 Å². The molecule has 2 aromatic rings. The molecule has 0 amide bonds. The molecule has 0 saturated carbocycles. The topological polar surface area (TPSA) is 69.9 Å². The van der Waals surface area contributed by atoms with Crippen LogP contribution in [-0.4, -0.2) is 38.5 Å². The quantitative estimate of drug-likeness (QED) is 0.773. The van der Waals surface area contributed by atoms with E-state index in [-0.39, 0.29) is 25.0 Å². The number of ether oxygens (including phenoxy) is 1. The SMILES string of the molecule is CC.COC(=O)c1cc(C2=CCC(F)(F)CC2)nc(-c2cncn2C)n1. The molecule has 0 radical (unpaired) electrons. The number of aromatic nitrogens is 4. The van der Waals surface area contributed by atoms with Crippen LogP contribution in [0, 0.1) is 0 Å². The number of nitrogens with zero attached hydrogens (tertiary/aromatic N) is 4. The Morgan fingerprint density at radius 3 is 2.58 bits per heavy atom. The molecule has 6 nitrogen and oxygen atoms in total. The first kappa shape index (κ1) is 19.7. The third kappa shape index (κ3) is 4.30. The van der Waals surface area contributed by atoms with Crippen LogP contribution in [0.4, 0.5) is 8.78 Å². The number of aryl methyl sites for hydroxylation is 1. The summed E-state index contributed by atoms with van der Waals surface area (Å²) in [7, 11) is 3.03. The number of hydrogen-bond donors (Lipinski definition) is 0. The van der Waals surface area contributed by atoms with Crippen LogP contribution in [0.3, 0.4) is 0 Å². The van der Waals surface area contributed by atoms with E-state index in [9.17, 15) is 13.6 Å². The average Bonchev–Trinajstić information content (AvgIpc) is 3.08. The molecule has 0 aromatic carbocycles. The zero-order valence-electron chi connectivity index (χ0n) is 15.3. The van der Waals surface area contributed by atoms with Crippen molar-refractivity contribution in [3.05, 3.63) is 36.1 Å². The van der Waals surface area contributed by atoms with Gasteiger partial charge in [-0.2, -0.15) is 0 Å². The van der Waals surface area contributed by atoms with Gasteiger partial charge in [0, 0.05) is 19.9 Å². The van der Waals surface area contributed by atoms with Crippen molar-refractivity contribution in [3.63, 3.8) is 0 Å². The van der Waals surface area contributed by atoms with Crippen LogP contribution in [0.1, 0.15) is 49.3 Å². The fourth-order valence-corrected chi connectivity index (χ4v) is 2.53. The predicted molar refractivity (Wildman–Crippen MR) is 93.7 cm³/mol. The molecule has 1 aliphatic rings. The summed E-state index contributed by atoms with van der Waals surface area (Å²) in [5.74, 6) is -3.00. The number of alkyl halides is 2. The summed E-state index contributed by atoms with van der Waals surface area (Å²) in [6, 6.07) is 1.47. The summed E-state index contributed by atoms with van der Waals surface area (Å²) in [5.41, 5.74) is 1.83. The first-order valence-corrected chi connectivity index (χ1v) is 8.41. The number of rotatable bonds is 3. The Balaban J connectivity index is 0.00000117. The molecule has 0 unspecified atom stereocenters. The van der Waals surface area contributed by atoms with E-state index in [2.05, 4.69) is 15.0 Å². The van der Waals surface area contributed by atoms with Gasteiger partial charge >= 0.3 is 5.97 Å². The monoisotopic (exact) mass is 364 g/mol. The van der Waals surface area contributed by atoms with Crippen LogP contribution in [-0.2, 0) is 11.8 Å². The van der Waals surface area contributed by atoms with E-state index in [1.807, 2.05) is 13.8 Å². The maximum atomic E-state index is 13.3. The van der Waals surface area contributed by atoms with E-state index < -0.39 is 11.9 Å². The first-order chi connectivity index (χ1) is 12.4. The highest BCUT2D eigenvalue weighted by atomic mass is 19.3. The molecule has 140 valence electrons. The number of allylic oxidation sites excluding steroid dienone is 2. The van der Waals surface area contributed by atoms with Crippen LogP contribution in [0.15, 0.2) is 24.7 Å². The summed E-state index contributed by atoms with van der Waals surface area (Å²) in [4.78, 5) is 24.5. The van der Waals surface area contributed by atoms with E-state index in [0.717, 1.165) is 0 Å². The largest absolute Gasteiger partial charge is 0.464 e. The maximum Gasteiger partial charge on any atom is 0.356 e. The standard InChI is InChI=1S/C16H16F2N4O2.C2H6/c1-22-9-19-8-13(22)14-20-11(7-12(21-14)15(23)24-2)10-3-5-16(17,18)6-4-10;1-2/h3,7-9H,4-6H2,1-2H3;1-2H3. The molecule has 0 spiro atoms. The third-order valence-corrected chi connectivity index (χ3v) is 3.90. The van der Waals surface area contributed by atoms with Crippen LogP contribution in [0.5, 0.6) is 0 Å². The number of esters is 1. The Morgan fingerprint density at radius 1 is 1.31 bits per heavy atom. The predicted octanol–water partition coefficient (Wildman–Crippen LogP) is 3.89. The summed E-state index contributed by atoms with van der Waals surface area (Å²) < 4.78 is 33.1. The fourth-order valence-electron chi connectivity index (χ4n) is 2.53. The second-order valence-electron chi connectivity index (χ2n) is 5.63. The highest BCUT2D eigenvalue weighted by Crippen LogP contribution is 2.36. The lowest BCUT2D eigenvalue weighted by molar-refractivity contribution is -0.00607. The Hall–Kier alpha value is -2.64. The number of hydrogen-bond acceptors (Lipinski definition) is 5. The zero-order valence-corrected chi connectivity index (χ0v) is 15.3. The maximum absolute atomic E-state index is 13.3. The molecular weight excluding hydrogens is 342 g/mol. The van der Waals surface area contributed by atoms with Gasteiger partial charge in [-0.05, 0) is 18.1 Å². The van der Waals surface area contributed by atoms with Gasteiger partial charge in [-0.15, -0.1) is 0 Å². The van der Waals surface area contributed by atoms with Gasteiger partial charge in [0.15, 0.2) is 11.5 Å². The molecule has 0 fully saturated rings. The van der Waals surface area contributed by atoms with Crippen molar-refractivity contribution in [3.8, 4) is 11.5 Å². The molecule has 2 aromatic heterocycles. The lowest BCUT2D eigenvalue weighted by Gasteiger charge is -2.21. The molecule has 0 aliphatic heterocycles. The van der Waals surface area contributed by atoms with Gasteiger partial charge < -0.3 is 9.30 Å². The van der Waals surface area contributed by atoms with Crippen molar-refractivity contribution >= 4 is 11.5 Å². The molecular formula is C18H22F2N4O2. The second kappa shape index (κ2) is 8.16. The summed E-state index contributed by atoms with van der Waals surface area (Å²) >= 11 is 0. The number of carbonyl (C=O) groups excluding carboxylic acids is 1. The number of methoxy groups -OCH3 is 1. The number of imidazole rings is 1. The number of halogens is 2. The molecule has 3 rings (SSSR count). The van der Waals surface area contributed by atoms with Gasteiger partial charge in [-0.25, -0.2) is 28.5 Å². The van der Waals surface area contributed by atoms with Crippen molar-refractivity contribution in [1.29, 1.82) is 0 Å². The van der Waals surface area contributed by atoms with Crippen molar-refractivity contribution < 1.29 is 18.3 Å². The summed E-state index contributed by atoms with van der Waals surface area (Å²) in [6.07, 6.45) is 4.25. The Bertz CT molecular complexity index is 815. The minimum absolute atomic E-state index is 0.0805. The van der Waals surface area contributed by atoms with E-state index in [1.54, 1.807) is 24.1 Å². The van der Waals surface area contributed by atoms with Crippen LogP contribution in [0.2, 0.25) is 0 Å². The van der Waals surface area contributed by atoms with Gasteiger partial charge in [0.2, 0.25) is 0 Å². The smallest absolute Gasteiger partial charge is 0.356 e. The van der Waals surface area contributed by atoms with E-state index in [4.69, 9.17) is 4.74 Å². The molecule has 0 saturated heterocycles. The molecule has 8 heteroatoms.